The Bertz CT molecular complexity index is 770. The second-order valence-corrected chi connectivity index (χ2v) is 5.96. The summed E-state index contributed by atoms with van der Waals surface area (Å²) in [6.07, 6.45) is 1.29. The van der Waals surface area contributed by atoms with Crippen LogP contribution in [0.25, 0.3) is 10.2 Å². The molecule has 0 aliphatic rings. The third-order valence-electron chi connectivity index (χ3n) is 3.10. The summed E-state index contributed by atoms with van der Waals surface area (Å²) < 4.78 is 13.7. The van der Waals surface area contributed by atoms with Gasteiger partial charge in [0.1, 0.15) is 21.6 Å². The molecule has 2 nitrogen and oxygen atoms in total. The fraction of sp³-hybridized carbons (Fsp3) is 0.200. The van der Waals surface area contributed by atoms with Crippen molar-refractivity contribution in [2.75, 3.05) is 0 Å². The van der Waals surface area contributed by atoms with Gasteiger partial charge in [0.05, 0.1) is 0 Å². The van der Waals surface area contributed by atoms with Crippen molar-refractivity contribution in [3.63, 3.8) is 0 Å². The number of nitrogens with zero attached hydrogens (tertiary/aromatic N) is 2. The lowest BCUT2D eigenvalue weighted by molar-refractivity contribution is 0.612. The number of aromatic nitrogens is 2. The van der Waals surface area contributed by atoms with Crippen molar-refractivity contribution in [1.29, 1.82) is 0 Å². The number of thiophene rings is 1. The Balaban J connectivity index is 2.02. The Labute approximate surface area is 125 Å². The molecule has 5 heteroatoms. The van der Waals surface area contributed by atoms with Crippen LogP contribution >= 0.6 is 22.9 Å². The van der Waals surface area contributed by atoms with Crippen LogP contribution in [0.4, 0.5) is 4.39 Å². The van der Waals surface area contributed by atoms with Gasteiger partial charge in [0.25, 0.3) is 0 Å². The fourth-order valence-corrected chi connectivity index (χ4v) is 3.33. The zero-order chi connectivity index (χ0) is 14.1. The first-order valence-electron chi connectivity index (χ1n) is 6.35. The average molecular weight is 307 g/mol. The molecule has 0 atom stereocenters. The van der Waals surface area contributed by atoms with E-state index in [2.05, 4.69) is 16.9 Å². The van der Waals surface area contributed by atoms with Crippen molar-refractivity contribution in [1.82, 2.24) is 9.97 Å². The standard InChI is InChI=1S/C15H12ClFN2S/c1-2-10-8-11-14(16)18-13(19-15(11)20-10)7-9-5-3-4-6-12(9)17/h3-6,8H,2,7H2,1H3. The minimum Gasteiger partial charge on any atom is -0.222 e. The maximum Gasteiger partial charge on any atom is 0.141 e. The van der Waals surface area contributed by atoms with Crippen LogP contribution in [0.5, 0.6) is 0 Å². The van der Waals surface area contributed by atoms with E-state index in [-0.39, 0.29) is 5.82 Å². The number of fused-ring (bicyclic) bond motifs is 1. The summed E-state index contributed by atoms with van der Waals surface area (Å²) in [7, 11) is 0. The number of benzene rings is 1. The van der Waals surface area contributed by atoms with Crippen molar-refractivity contribution in [2.24, 2.45) is 0 Å². The summed E-state index contributed by atoms with van der Waals surface area (Å²) in [5.41, 5.74) is 0.579. The molecule has 0 aliphatic heterocycles. The van der Waals surface area contributed by atoms with Gasteiger partial charge in [-0.15, -0.1) is 11.3 Å². The van der Waals surface area contributed by atoms with Crippen LogP contribution in [-0.4, -0.2) is 9.97 Å². The highest BCUT2D eigenvalue weighted by Gasteiger charge is 2.11. The van der Waals surface area contributed by atoms with Gasteiger partial charge < -0.3 is 0 Å². The van der Waals surface area contributed by atoms with Gasteiger partial charge in [-0.3, -0.25) is 0 Å². The molecule has 0 saturated heterocycles. The molecule has 0 amide bonds. The van der Waals surface area contributed by atoms with Crippen LogP contribution < -0.4 is 0 Å². The Morgan fingerprint density at radius 3 is 2.80 bits per heavy atom. The van der Waals surface area contributed by atoms with E-state index >= 15 is 0 Å². The maximum absolute atomic E-state index is 13.7. The Morgan fingerprint density at radius 1 is 1.25 bits per heavy atom. The van der Waals surface area contributed by atoms with Crippen molar-refractivity contribution < 1.29 is 4.39 Å². The molecule has 0 bridgehead atoms. The number of halogens is 2. The van der Waals surface area contributed by atoms with Crippen LogP contribution in [0.1, 0.15) is 23.2 Å². The molecule has 0 N–H and O–H groups in total. The summed E-state index contributed by atoms with van der Waals surface area (Å²) >= 11 is 7.81. The van der Waals surface area contributed by atoms with Gasteiger partial charge in [0, 0.05) is 16.7 Å². The van der Waals surface area contributed by atoms with Gasteiger partial charge in [-0.25, -0.2) is 14.4 Å². The van der Waals surface area contributed by atoms with Crippen LogP contribution in [0.2, 0.25) is 5.15 Å². The molecule has 20 heavy (non-hydrogen) atoms. The number of rotatable bonds is 3. The van der Waals surface area contributed by atoms with Crippen LogP contribution in [-0.2, 0) is 12.8 Å². The fourth-order valence-electron chi connectivity index (χ4n) is 2.04. The quantitative estimate of drug-likeness (QED) is 0.659. The van der Waals surface area contributed by atoms with E-state index < -0.39 is 0 Å². The topological polar surface area (TPSA) is 25.8 Å². The summed E-state index contributed by atoms with van der Waals surface area (Å²) in [4.78, 5) is 10.9. The van der Waals surface area contributed by atoms with Gasteiger partial charge in [-0.1, -0.05) is 36.7 Å². The highest BCUT2D eigenvalue weighted by Crippen LogP contribution is 2.29. The molecule has 0 aliphatic carbocycles. The monoisotopic (exact) mass is 306 g/mol. The van der Waals surface area contributed by atoms with Crippen LogP contribution in [0.3, 0.4) is 0 Å². The van der Waals surface area contributed by atoms with Gasteiger partial charge in [0.2, 0.25) is 0 Å². The molecular formula is C15H12ClFN2S. The van der Waals surface area contributed by atoms with Crippen molar-refractivity contribution >= 4 is 33.2 Å². The summed E-state index contributed by atoms with van der Waals surface area (Å²) in [6.45, 7) is 2.09. The highest BCUT2D eigenvalue weighted by atomic mass is 35.5. The first-order valence-corrected chi connectivity index (χ1v) is 7.55. The van der Waals surface area contributed by atoms with Crippen molar-refractivity contribution in [3.05, 3.63) is 57.6 Å². The molecule has 0 unspecified atom stereocenters. The SMILES string of the molecule is CCc1cc2c(Cl)nc(Cc3ccccc3F)nc2s1. The molecule has 2 heterocycles. The third-order valence-corrected chi connectivity index (χ3v) is 4.56. The van der Waals surface area contributed by atoms with E-state index in [1.54, 1.807) is 29.5 Å². The second-order valence-electron chi connectivity index (χ2n) is 4.48. The summed E-state index contributed by atoms with van der Waals surface area (Å²) in [5, 5.41) is 1.32. The molecule has 0 radical (unpaired) electrons. The summed E-state index contributed by atoms with van der Waals surface area (Å²) in [5.74, 6) is 0.310. The number of hydrogen-bond donors (Lipinski definition) is 0. The number of hydrogen-bond acceptors (Lipinski definition) is 3. The van der Waals surface area contributed by atoms with E-state index in [1.807, 2.05) is 6.07 Å². The van der Waals surface area contributed by atoms with E-state index in [0.717, 1.165) is 16.6 Å². The largest absolute Gasteiger partial charge is 0.222 e. The van der Waals surface area contributed by atoms with E-state index in [0.29, 0.717) is 23.0 Å². The minimum absolute atomic E-state index is 0.243. The maximum atomic E-state index is 13.7. The predicted molar refractivity (Wildman–Crippen MR) is 81.0 cm³/mol. The van der Waals surface area contributed by atoms with E-state index in [4.69, 9.17) is 11.6 Å². The van der Waals surface area contributed by atoms with E-state index in [1.165, 1.54) is 10.9 Å². The Kier molecular flexibility index (Phi) is 3.68. The minimum atomic E-state index is -0.243. The first-order chi connectivity index (χ1) is 9.67. The normalized spacial score (nSPS) is 11.2. The lowest BCUT2D eigenvalue weighted by atomic mass is 10.1. The zero-order valence-electron chi connectivity index (χ0n) is 10.9. The van der Waals surface area contributed by atoms with Gasteiger partial charge >= 0.3 is 0 Å². The Morgan fingerprint density at radius 2 is 2.05 bits per heavy atom. The highest BCUT2D eigenvalue weighted by molar-refractivity contribution is 7.18. The van der Waals surface area contributed by atoms with Crippen molar-refractivity contribution in [3.8, 4) is 0 Å². The van der Waals surface area contributed by atoms with Gasteiger partial charge in [-0.2, -0.15) is 0 Å². The van der Waals surface area contributed by atoms with Gasteiger partial charge in [-0.05, 0) is 24.1 Å². The van der Waals surface area contributed by atoms with Crippen LogP contribution in [0, 0.1) is 5.82 Å². The molecule has 0 fully saturated rings. The summed E-state index contributed by atoms with van der Waals surface area (Å²) in [6, 6.07) is 8.68. The molecule has 0 saturated carbocycles. The third kappa shape index (κ3) is 2.53. The lowest BCUT2D eigenvalue weighted by Crippen LogP contribution is -1.98. The van der Waals surface area contributed by atoms with E-state index in [9.17, 15) is 4.39 Å². The zero-order valence-corrected chi connectivity index (χ0v) is 12.4. The van der Waals surface area contributed by atoms with Gasteiger partial charge in [0.15, 0.2) is 0 Å². The molecule has 0 spiro atoms. The molecule has 3 rings (SSSR count). The predicted octanol–water partition coefficient (Wildman–Crippen LogP) is 4.64. The molecule has 3 aromatic rings. The Hall–Kier alpha value is -1.52. The number of aryl methyl sites for hydroxylation is 1. The molecule has 1 aromatic carbocycles. The molecule has 2 aromatic heterocycles. The second kappa shape index (κ2) is 5.46. The average Bonchev–Trinajstić information content (AvgIpc) is 2.85. The smallest absolute Gasteiger partial charge is 0.141 e. The molecule has 102 valence electrons. The van der Waals surface area contributed by atoms with Crippen LogP contribution in [0.15, 0.2) is 30.3 Å². The van der Waals surface area contributed by atoms with Crippen molar-refractivity contribution in [2.45, 2.75) is 19.8 Å². The lowest BCUT2D eigenvalue weighted by Gasteiger charge is -2.03. The molecular weight excluding hydrogens is 295 g/mol. The first kappa shape index (κ1) is 13.5.